The highest BCUT2D eigenvalue weighted by atomic mass is 16.7. The summed E-state index contributed by atoms with van der Waals surface area (Å²) in [5.74, 6) is 2.86. The molecule has 2 fully saturated rings. The molecular weight excluding hydrogens is 420 g/mol. The summed E-state index contributed by atoms with van der Waals surface area (Å²) >= 11 is 0. The van der Waals surface area contributed by atoms with E-state index in [1.54, 1.807) is 11.2 Å². The number of carbonyl (C=O) groups is 2. The van der Waals surface area contributed by atoms with Crippen molar-refractivity contribution < 1.29 is 23.5 Å². The van der Waals surface area contributed by atoms with E-state index in [0.717, 1.165) is 36.3 Å². The van der Waals surface area contributed by atoms with Gasteiger partial charge in [0, 0.05) is 19.0 Å². The summed E-state index contributed by atoms with van der Waals surface area (Å²) < 4.78 is 16.4. The molecule has 5 rings (SSSR count). The summed E-state index contributed by atoms with van der Waals surface area (Å²) in [6.07, 6.45) is 10.1. The number of nitrogens with zero attached hydrogens (tertiary/aromatic N) is 2. The molecule has 176 valence electrons. The molecule has 2 saturated carbocycles. The van der Waals surface area contributed by atoms with Gasteiger partial charge in [-0.2, -0.15) is 0 Å². The van der Waals surface area contributed by atoms with Crippen molar-refractivity contribution in [1.29, 1.82) is 0 Å². The summed E-state index contributed by atoms with van der Waals surface area (Å²) in [6.45, 7) is 1.10. The van der Waals surface area contributed by atoms with E-state index >= 15 is 0 Å². The van der Waals surface area contributed by atoms with Crippen LogP contribution in [0.2, 0.25) is 0 Å². The van der Waals surface area contributed by atoms with E-state index < -0.39 is 0 Å². The largest absolute Gasteiger partial charge is 0.467 e. The van der Waals surface area contributed by atoms with Gasteiger partial charge < -0.3 is 23.7 Å². The highest BCUT2D eigenvalue weighted by Gasteiger charge is 2.35. The van der Waals surface area contributed by atoms with Crippen LogP contribution in [0.1, 0.15) is 62.7 Å². The van der Waals surface area contributed by atoms with Gasteiger partial charge in [0.2, 0.25) is 18.6 Å². The number of benzene rings is 1. The number of carbonyl (C=O) groups excluding carboxylic acids is 2. The first-order valence-corrected chi connectivity index (χ1v) is 12.1. The van der Waals surface area contributed by atoms with Crippen molar-refractivity contribution in [3.63, 3.8) is 0 Å². The zero-order chi connectivity index (χ0) is 22.6. The van der Waals surface area contributed by atoms with Gasteiger partial charge in [-0.1, -0.05) is 31.7 Å². The Balaban J connectivity index is 1.26. The lowest BCUT2D eigenvalue weighted by molar-refractivity contribution is -0.142. The molecule has 1 aliphatic heterocycles. The van der Waals surface area contributed by atoms with Crippen LogP contribution in [0.25, 0.3) is 0 Å². The van der Waals surface area contributed by atoms with E-state index in [1.807, 2.05) is 35.2 Å². The van der Waals surface area contributed by atoms with Gasteiger partial charge in [-0.25, -0.2) is 0 Å². The minimum absolute atomic E-state index is 0.0646. The topological polar surface area (TPSA) is 72.2 Å². The van der Waals surface area contributed by atoms with Gasteiger partial charge in [-0.3, -0.25) is 9.59 Å². The molecule has 0 radical (unpaired) electrons. The third-order valence-corrected chi connectivity index (χ3v) is 6.94. The Morgan fingerprint density at radius 1 is 0.939 bits per heavy atom. The Hall–Kier alpha value is -2.96. The van der Waals surface area contributed by atoms with Gasteiger partial charge in [0.15, 0.2) is 11.5 Å². The first-order valence-electron chi connectivity index (χ1n) is 12.1. The van der Waals surface area contributed by atoms with E-state index in [9.17, 15) is 9.59 Å². The Morgan fingerprint density at radius 3 is 2.52 bits per heavy atom. The lowest BCUT2D eigenvalue weighted by Gasteiger charge is -2.28. The molecule has 2 aliphatic carbocycles. The van der Waals surface area contributed by atoms with E-state index in [-0.39, 0.29) is 31.2 Å². The monoisotopic (exact) mass is 452 g/mol. The fourth-order valence-electron chi connectivity index (χ4n) is 4.91. The van der Waals surface area contributed by atoms with E-state index in [1.165, 1.54) is 25.7 Å². The molecule has 7 nitrogen and oxygen atoms in total. The maximum atomic E-state index is 13.4. The molecule has 2 aromatic rings. The van der Waals surface area contributed by atoms with Gasteiger partial charge in [0.05, 0.1) is 12.8 Å². The van der Waals surface area contributed by atoms with E-state index in [4.69, 9.17) is 13.9 Å². The molecule has 0 bridgehead atoms. The molecule has 1 aromatic carbocycles. The predicted molar refractivity (Wildman–Crippen MR) is 121 cm³/mol. The molecule has 0 saturated heterocycles. The number of furan rings is 1. The molecule has 2 heterocycles. The fraction of sp³-hybridized carbons (Fsp3) is 0.538. The lowest BCUT2D eigenvalue weighted by Crippen LogP contribution is -2.43. The normalized spacial score (nSPS) is 17.3. The first-order chi connectivity index (χ1) is 16.2. The zero-order valence-corrected chi connectivity index (χ0v) is 19.0. The molecular formula is C26H32N2O5. The van der Waals surface area contributed by atoms with Crippen molar-refractivity contribution in [3.05, 3.63) is 47.9 Å². The summed E-state index contributed by atoms with van der Waals surface area (Å²) in [6, 6.07) is 9.63. The maximum Gasteiger partial charge on any atom is 0.242 e. The van der Waals surface area contributed by atoms with Crippen LogP contribution < -0.4 is 9.47 Å². The quantitative estimate of drug-likeness (QED) is 0.531. The second-order valence-corrected chi connectivity index (χ2v) is 9.46. The summed E-state index contributed by atoms with van der Waals surface area (Å²) in [7, 11) is 0. The second kappa shape index (κ2) is 9.89. The standard InChI is InChI=1S/C26H32N2O5/c29-25(12-8-19-4-1-2-5-19)28(21-9-10-21)17-26(30)27(16-22-6-3-13-31-22)15-20-7-11-23-24(14-20)33-18-32-23/h3,6-7,11,13-14,19,21H,1-2,4-5,8-10,12,15-18H2. The highest BCUT2D eigenvalue weighted by molar-refractivity contribution is 5.85. The van der Waals surface area contributed by atoms with Crippen LogP contribution >= 0.6 is 0 Å². The minimum Gasteiger partial charge on any atom is -0.467 e. The van der Waals surface area contributed by atoms with Crippen LogP contribution in [0.4, 0.5) is 0 Å². The molecule has 0 spiro atoms. The smallest absolute Gasteiger partial charge is 0.242 e. The predicted octanol–water partition coefficient (Wildman–Crippen LogP) is 4.50. The Morgan fingerprint density at radius 2 is 1.76 bits per heavy atom. The van der Waals surface area contributed by atoms with E-state index in [2.05, 4.69) is 0 Å². The van der Waals surface area contributed by atoms with Crippen LogP contribution in [0, 0.1) is 5.92 Å². The summed E-state index contributed by atoms with van der Waals surface area (Å²) in [5.41, 5.74) is 0.949. The zero-order valence-electron chi connectivity index (χ0n) is 19.0. The van der Waals surface area contributed by atoms with Crippen LogP contribution in [-0.2, 0) is 22.7 Å². The number of hydrogen-bond donors (Lipinski definition) is 0. The average molecular weight is 453 g/mol. The van der Waals surface area contributed by atoms with Gasteiger partial charge >= 0.3 is 0 Å². The number of rotatable bonds is 10. The van der Waals surface area contributed by atoms with Crippen molar-refractivity contribution in [3.8, 4) is 11.5 Å². The molecule has 2 amide bonds. The van der Waals surface area contributed by atoms with Crippen LogP contribution in [0.3, 0.4) is 0 Å². The Bertz CT molecular complexity index is 963. The summed E-state index contributed by atoms with van der Waals surface area (Å²) in [4.78, 5) is 30.1. The molecule has 1 aromatic heterocycles. The average Bonchev–Trinajstić information content (AvgIpc) is 3.22. The maximum absolute atomic E-state index is 13.4. The number of fused-ring (bicyclic) bond motifs is 1. The van der Waals surface area contributed by atoms with Crippen LogP contribution in [0.5, 0.6) is 11.5 Å². The first kappa shape index (κ1) is 21.9. The van der Waals surface area contributed by atoms with Gasteiger partial charge in [-0.05, 0) is 55.0 Å². The molecule has 0 unspecified atom stereocenters. The van der Waals surface area contributed by atoms with Crippen LogP contribution in [0.15, 0.2) is 41.0 Å². The van der Waals surface area contributed by atoms with Crippen LogP contribution in [-0.4, -0.2) is 41.0 Å². The minimum atomic E-state index is -0.0646. The molecule has 33 heavy (non-hydrogen) atoms. The van der Waals surface area contributed by atoms with Crippen molar-refractivity contribution in [2.45, 2.75) is 70.5 Å². The highest BCUT2D eigenvalue weighted by Crippen LogP contribution is 2.34. The van der Waals surface area contributed by atoms with Crippen molar-refractivity contribution in [2.24, 2.45) is 5.92 Å². The molecule has 0 N–H and O–H groups in total. The Kier molecular flexibility index (Phi) is 6.55. The number of amides is 2. The number of ether oxygens (including phenoxy) is 2. The van der Waals surface area contributed by atoms with Crippen molar-refractivity contribution in [2.75, 3.05) is 13.3 Å². The lowest BCUT2D eigenvalue weighted by atomic mass is 10.0. The third-order valence-electron chi connectivity index (χ3n) is 6.94. The fourth-order valence-corrected chi connectivity index (χ4v) is 4.91. The van der Waals surface area contributed by atoms with Gasteiger partial charge in [0.1, 0.15) is 12.3 Å². The molecule has 0 atom stereocenters. The Labute approximate surface area is 194 Å². The van der Waals surface area contributed by atoms with Crippen molar-refractivity contribution >= 4 is 11.8 Å². The van der Waals surface area contributed by atoms with E-state index in [0.29, 0.717) is 31.2 Å². The molecule has 7 heteroatoms. The van der Waals surface area contributed by atoms with Gasteiger partial charge in [0.25, 0.3) is 0 Å². The van der Waals surface area contributed by atoms with Gasteiger partial charge in [-0.15, -0.1) is 0 Å². The second-order valence-electron chi connectivity index (χ2n) is 9.46. The van der Waals surface area contributed by atoms with Crippen molar-refractivity contribution in [1.82, 2.24) is 9.80 Å². The number of hydrogen-bond acceptors (Lipinski definition) is 5. The SMILES string of the molecule is O=C(CN(C(=O)CCC1CCCC1)C1CC1)N(Cc1ccc2c(c1)OCO2)Cc1ccco1. The summed E-state index contributed by atoms with van der Waals surface area (Å²) in [5, 5.41) is 0. The third kappa shape index (κ3) is 5.52. The molecule has 3 aliphatic rings.